The molecule has 3 nitrogen and oxygen atoms in total. The second-order valence-electron chi connectivity index (χ2n) is 4.06. The molecule has 0 aromatic heterocycles. The molecule has 1 aromatic rings. The van der Waals surface area contributed by atoms with Gasteiger partial charge in [0, 0.05) is 23.6 Å². The highest BCUT2D eigenvalue weighted by molar-refractivity contribution is 5.36. The molecular weight excluding hydrogens is 216 g/mol. The fourth-order valence-electron chi connectivity index (χ4n) is 1.83. The van der Waals surface area contributed by atoms with Gasteiger partial charge in [-0.1, -0.05) is 18.6 Å². The predicted octanol–water partition coefficient (Wildman–Crippen LogP) is 3.49. The van der Waals surface area contributed by atoms with E-state index in [9.17, 15) is 18.9 Å². The summed E-state index contributed by atoms with van der Waals surface area (Å²) in [6.45, 7) is 0. The van der Waals surface area contributed by atoms with Gasteiger partial charge >= 0.3 is 0 Å². The van der Waals surface area contributed by atoms with Crippen LogP contribution in [-0.4, -0.2) is 4.92 Å². The van der Waals surface area contributed by atoms with Crippen LogP contribution in [0.5, 0.6) is 0 Å². The summed E-state index contributed by atoms with van der Waals surface area (Å²) in [6.07, 6.45) is 1.81. The SMILES string of the molecule is O=[N+]([O-])c1cccc(C(F)(F)C2CCC2)c1. The van der Waals surface area contributed by atoms with Gasteiger partial charge in [-0.2, -0.15) is 0 Å². The van der Waals surface area contributed by atoms with E-state index in [-0.39, 0.29) is 11.3 Å². The highest BCUT2D eigenvalue weighted by Gasteiger charge is 2.44. The van der Waals surface area contributed by atoms with E-state index >= 15 is 0 Å². The van der Waals surface area contributed by atoms with Gasteiger partial charge in [-0.3, -0.25) is 10.1 Å². The molecule has 16 heavy (non-hydrogen) atoms. The summed E-state index contributed by atoms with van der Waals surface area (Å²) >= 11 is 0. The van der Waals surface area contributed by atoms with E-state index in [0.717, 1.165) is 12.5 Å². The number of nitro groups is 1. The van der Waals surface area contributed by atoms with E-state index in [0.29, 0.717) is 12.8 Å². The van der Waals surface area contributed by atoms with Crippen LogP contribution in [0.3, 0.4) is 0 Å². The standard InChI is InChI=1S/C11H11F2NO2/c12-11(13,8-3-1-4-8)9-5-2-6-10(7-9)14(15)16/h2,5-8H,1,3-4H2. The lowest BCUT2D eigenvalue weighted by Gasteiger charge is -2.33. The summed E-state index contributed by atoms with van der Waals surface area (Å²) in [4.78, 5) is 9.84. The summed E-state index contributed by atoms with van der Waals surface area (Å²) in [5.74, 6) is -3.60. The van der Waals surface area contributed by atoms with Crippen LogP contribution in [0, 0.1) is 16.0 Å². The number of hydrogen-bond acceptors (Lipinski definition) is 2. The first-order valence-corrected chi connectivity index (χ1v) is 5.14. The molecule has 0 radical (unpaired) electrons. The predicted molar refractivity (Wildman–Crippen MR) is 54.3 cm³/mol. The molecule has 5 heteroatoms. The second kappa shape index (κ2) is 3.81. The van der Waals surface area contributed by atoms with Crippen LogP contribution in [0.15, 0.2) is 24.3 Å². The summed E-state index contributed by atoms with van der Waals surface area (Å²) in [5, 5.41) is 10.5. The molecule has 0 spiro atoms. The van der Waals surface area contributed by atoms with Crippen LogP contribution < -0.4 is 0 Å². The smallest absolute Gasteiger partial charge is 0.258 e. The van der Waals surface area contributed by atoms with Gasteiger partial charge in [0.05, 0.1) is 4.92 Å². The topological polar surface area (TPSA) is 43.1 Å². The zero-order valence-corrected chi connectivity index (χ0v) is 8.53. The number of alkyl halides is 2. The Labute approximate surface area is 91.2 Å². The first-order chi connectivity index (χ1) is 7.51. The zero-order chi connectivity index (χ0) is 11.8. The maximum atomic E-state index is 13.8. The Hall–Kier alpha value is -1.52. The van der Waals surface area contributed by atoms with Gasteiger partial charge in [0.15, 0.2) is 0 Å². The molecular formula is C11H11F2NO2. The number of nitro benzene ring substituents is 1. The molecule has 0 saturated heterocycles. The quantitative estimate of drug-likeness (QED) is 0.586. The molecule has 2 rings (SSSR count). The van der Waals surface area contributed by atoms with Gasteiger partial charge in [-0.25, -0.2) is 8.78 Å². The van der Waals surface area contributed by atoms with E-state index in [1.165, 1.54) is 18.2 Å². The number of nitrogens with zero attached hydrogens (tertiary/aromatic N) is 1. The van der Waals surface area contributed by atoms with Crippen molar-refractivity contribution in [3.8, 4) is 0 Å². The molecule has 0 N–H and O–H groups in total. The van der Waals surface area contributed by atoms with E-state index in [2.05, 4.69) is 0 Å². The third kappa shape index (κ3) is 1.77. The monoisotopic (exact) mass is 227 g/mol. The van der Waals surface area contributed by atoms with Crippen molar-refractivity contribution in [2.75, 3.05) is 0 Å². The average Bonchev–Trinajstić information content (AvgIpc) is 2.14. The molecule has 1 aliphatic carbocycles. The minimum absolute atomic E-state index is 0.244. The molecule has 0 atom stereocenters. The normalized spacial score (nSPS) is 16.9. The van der Waals surface area contributed by atoms with Crippen LogP contribution in [0.1, 0.15) is 24.8 Å². The van der Waals surface area contributed by atoms with Gasteiger partial charge < -0.3 is 0 Å². The summed E-state index contributed by atoms with van der Waals surface area (Å²) in [7, 11) is 0. The molecule has 0 amide bonds. The van der Waals surface area contributed by atoms with E-state index in [4.69, 9.17) is 0 Å². The summed E-state index contributed by atoms with van der Waals surface area (Å²) in [5.41, 5.74) is -0.525. The lowest BCUT2D eigenvalue weighted by Crippen LogP contribution is -2.31. The van der Waals surface area contributed by atoms with Crippen molar-refractivity contribution in [1.29, 1.82) is 0 Å². The number of rotatable bonds is 3. The van der Waals surface area contributed by atoms with E-state index in [1.54, 1.807) is 0 Å². The third-order valence-electron chi connectivity index (χ3n) is 3.06. The summed E-state index contributed by atoms with van der Waals surface area (Å²) < 4.78 is 27.6. The first kappa shape index (κ1) is 11.0. The highest BCUT2D eigenvalue weighted by atomic mass is 19.3. The Morgan fingerprint density at radius 1 is 1.38 bits per heavy atom. The Kier molecular flexibility index (Phi) is 2.61. The van der Waals surface area contributed by atoms with E-state index in [1.807, 2.05) is 0 Å². The van der Waals surface area contributed by atoms with Gasteiger partial charge in [-0.15, -0.1) is 0 Å². The van der Waals surface area contributed by atoms with Gasteiger partial charge in [0.25, 0.3) is 11.6 Å². The lowest BCUT2D eigenvalue weighted by molar-refractivity contribution is -0.385. The van der Waals surface area contributed by atoms with Crippen LogP contribution in [0.2, 0.25) is 0 Å². The molecule has 0 bridgehead atoms. The van der Waals surface area contributed by atoms with Crippen molar-refractivity contribution < 1.29 is 13.7 Å². The molecule has 86 valence electrons. The molecule has 0 heterocycles. The Bertz CT molecular complexity index is 416. The molecule has 1 saturated carbocycles. The van der Waals surface area contributed by atoms with Crippen LogP contribution >= 0.6 is 0 Å². The Morgan fingerprint density at radius 2 is 2.06 bits per heavy atom. The second-order valence-corrected chi connectivity index (χ2v) is 4.06. The van der Waals surface area contributed by atoms with Gasteiger partial charge in [-0.05, 0) is 12.8 Å². The maximum absolute atomic E-state index is 13.8. The maximum Gasteiger partial charge on any atom is 0.276 e. The van der Waals surface area contributed by atoms with Crippen LogP contribution in [0.4, 0.5) is 14.5 Å². The lowest BCUT2D eigenvalue weighted by atomic mass is 9.78. The Balaban J connectivity index is 2.31. The first-order valence-electron chi connectivity index (χ1n) is 5.14. The number of non-ortho nitro benzene ring substituents is 1. The van der Waals surface area contributed by atoms with Crippen molar-refractivity contribution in [2.45, 2.75) is 25.2 Å². The largest absolute Gasteiger partial charge is 0.276 e. The molecule has 1 fully saturated rings. The molecule has 0 aliphatic heterocycles. The fraction of sp³-hybridized carbons (Fsp3) is 0.455. The van der Waals surface area contributed by atoms with Crippen molar-refractivity contribution in [1.82, 2.24) is 0 Å². The van der Waals surface area contributed by atoms with Gasteiger partial charge in [0.2, 0.25) is 0 Å². The summed E-state index contributed by atoms with van der Waals surface area (Å²) in [6, 6.07) is 4.75. The molecule has 1 aliphatic rings. The van der Waals surface area contributed by atoms with Gasteiger partial charge in [0.1, 0.15) is 0 Å². The van der Waals surface area contributed by atoms with Crippen molar-refractivity contribution in [2.24, 2.45) is 5.92 Å². The number of benzene rings is 1. The highest BCUT2D eigenvalue weighted by Crippen LogP contribution is 2.46. The minimum Gasteiger partial charge on any atom is -0.258 e. The van der Waals surface area contributed by atoms with Crippen LogP contribution in [-0.2, 0) is 5.92 Å². The average molecular weight is 227 g/mol. The zero-order valence-electron chi connectivity index (χ0n) is 8.53. The van der Waals surface area contributed by atoms with Crippen molar-refractivity contribution in [3.63, 3.8) is 0 Å². The minimum atomic E-state index is -2.94. The van der Waals surface area contributed by atoms with Crippen molar-refractivity contribution >= 4 is 5.69 Å². The number of hydrogen-bond donors (Lipinski definition) is 0. The Morgan fingerprint density at radius 3 is 2.56 bits per heavy atom. The third-order valence-corrected chi connectivity index (χ3v) is 3.06. The van der Waals surface area contributed by atoms with Crippen LogP contribution in [0.25, 0.3) is 0 Å². The number of halogens is 2. The molecule has 0 unspecified atom stereocenters. The molecule has 1 aromatic carbocycles. The van der Waals surface area contributed by atoms with E-state index < -0.39 is 16.8 Å². The van der Waals surface area contributed by atoms with Crippen molar-refractivity contribution in [3.05, 3.63) is 39.9 Å². The fourth-order valence-corrected chi connectivity index (χ4v) is 1.83.